The van der Waals surface area contributed by atoms with Crippen LogP contribution in [0.15, 0.2) is 51.5 Å². The Morgan fingerprint density at radius 3 is 2.85 bits per heavy atom. The molecule has 27 heavy (non-hydrogen) atoms. The summed E-state index contributed by atoms with van der Waals surface area (Å²) in [6.45, 7) is 5.20. The number of hydrogen-bond acceptors (Lipinski definition) is 5. The average molecular weight is 390 g/mol. The largest absolute Gasteiger partial charge is 0.459 e. The van der Waals surface area contributed by atoms with Crippen LogP contribution in [0.4, 0.5) is 5.69 Å². The van der Waals surface area contributed by atoms with Gasteiger partial charge in [0.25, 0.3) is 17.7 Å². The molecule has 142 valence electrons. The maximum absolute atomic E-state index is 12.7. The van der Waals surface area contributed by atoms with Crippen LogP contribution < -0.4 is 10.2 Å². The number of carbonyl (C=O) groups is 1. The second kappa shape index (κ2) is 8.83. The SMILES string of the molecule is CCC[NH+](Cc1nnc(-c2ccco2)o1)[C@H](C)C(=O)Nc1cccc(Cl)c1. The van der Waals surface area contributed by atoms with E-state index >= 15 is 0 Å². The van der Waals surface area contributed by atoms with Crippen molar-refractivity contribution in [3.05, 3.63) is 53.6 Å². The molecule has 0 radical (unpaired) electrons. The molecular formula is C19H22ClN4O3+. The molecule has 7 nitrogen and oxygen atoms in total. The van der Waals surface area contributed by atoms with Crippen LogP contribution in [0.3, 0.4) is 0 Å². The van der Waals surface area contributed by atoms with Crippen LogP contribution >= 0.6 is 11.6 Å². The maximum atomic E-state index is 12.7. The summed E-state index contributed by atoms with van der Waals surface area (Å²) in [6, 6.07) is 10.3. The predicted molar refractivity (Wildman–Crippen MR) is 101 cm³/mol. The number of rotatable bonds is 8. The third kappa shape index (κ3) is 4.96. The van der Waals surface area contributed by atoms with Crippen molar-refractivity contribution in [1.29, 1.82) is 0 Å². The number of nitrogens with zero attached hydrogens (tertiary/aromatic N) is 2. The summed E-state index contributed by atoms with van der Waals surface area (Å²) in [6.07, 6.45) is 2.47. The van der Waals surface area contributed by atoms with Crippen LogP contribution in [0.25, 0.3) is 11.7 Å². The maximum Gasteiger partial charge on any atom is 0.283 e. The topological polar surface area (TPSA) is 85.6 Å². The van der Waals surface area contributed by atoms with Crippen molar-refractivity contribution >= 4 is 23.2 Å². The van der Waals surface area contributed by atoms with E-state index in [0.29, 0.717) is 34.8 Å². The minimum absolute atomic E-state index is 0.0912. The highest BCUT2D eigenvalue weighted by Crippen LogP contribution is 2.17. The number of hydrogen-bond donors (Lipinski definition) is 2. The Labute approximate surface area is 162 Å². The van der Waals surface area contributed by atoms with Gasteiger partial charge in [0.2, 0.25) is 0 Å². The van der Waals surface area contributed by atoms with Gasteiger partial charge >= 0.3 is 0 Å². The fourth-order valence-corrected chi connectivity index (χ4v) is 2.99. The van der Waals surface area contributed by atoms with Gasteiger partial charge in [0.15, 0.2) is 18.3 Å². The Morgan fingerprint density at radius 1 is 1.30 bits per heavy atom. The van der Waals surface area contributed by atoms with Gasteiger partial charge in [-0.25, -0.2) is 0 Å². The molecule has 0 saturated heterocycles. The molecule has 1 aromatic carbocycles. The first kappa shape index (κ1) is 19.1. The second-order valence-corrected chi connectivity index (χ2v) is 6.72. The van der Waals surface area contributed by atoms with Crippen molar-refractivity contribution in [2.24, 2.45) is 0 Å². The van der Waals surface area contributed by atoms with Crippen molar-refractivity contribution < 1.29 is 18.5 Å². The number of aromatic nitrogens is 2. The number of halogens is 1. The molecule has 2 atom stereocenters. The Balaban J connectivity index is 1.67. The van der Waals surface area contributed by atoms with Gasteiger partial charge < -0.3 is 19.1 Å². The normalized spacial score (nSPS) is 13.3. The molecule has 0 saturated carbocycles. The molecule has 1 amide bonds. The van der Waals surface area contributed by atoms with Gasteiger partial charge in [-0.1, -0.05) is 24.6 Å². The van der Waals surface area contributed by atoms with E-state index in [0.717, 1.165) is 17.9 Å². The number of nitrogens with one attached hydrogen (secondary N) is 2. The van der Waals surface area contributed by atoms with E-state index in [4.69, 9.17) is 20.4 Å². The summed E-state index contributed by atoms with van der Waals surface area (Å²) >= 11 is 5.98. The summed E-state index contributed by atoms with van der Waals surface area (Å²) < 4.78 is 11.0. The number of furan rings is 1. The van der Waals surface area contributed by atoms with Gasteiger partial charge in [0.05, 0.1) is 12.8 Å². The number of anilines is 1. The molecule has 1 unspecified atom stereocenters. The second-order valence-electron chi connectivity index (χ2n) is 6.28. The molecule has 0 aliphatic carbocycles. The van der Waals surface area contributed by atoms with Crippen LogP contribution in [0.2, 0.25) is 5.02 Å². The first-order valence-electron chi connectivity index (χ1n) is 8.84. The third-order valence-electron chi connectivity index (χ3n) is 4.25. The summed E-state index contributed by atoms with van der Waals surface area (Å²) in [4.78, 5) is 13.7. The van der Waals surface area contributed by atoms with Crippen LogP contribution in [-0.2, 0) is 11.3 Å². The Bertz CT molecular complexity index is 879. The van der Waals surface area contributed by atoms with Gasteiger partial charge in [-0.2, -0.15) is 0 Å². The molecule has 2 heterocycles. The monoisotopic (exact) mass is 389 g/mol. The van der Waals surface area contributed by atoms with E-state index in [2.05, 4.69) is 22.4 Å². The van der Waals surface area contributed by atoms with Gasteiger partial charge in [0.1, 0.15) is 0 Å². The molecule has 0 spiro atoms. The van der Waals surface area contributed by atoms with Crippen molar-refractivity contribution in [3.63, 3.8) is 0 Å². The van der Waals surface area contributed by atoms with Crippen molar-refractivity contribution in [2.45, 2.75) is 32.9 Å². The lowest BCUT2D eigenvalue weighted by atomic mass is 10.2. The van der Waals surface area contributed by atoms with E-state index in [1.165, 1.54) is 0 Å². The summed E-state index contributed by atoms with van der Waals surface area (Å²) in [7, 11) is 0. The third-order valence-corrected chi connectivity index (χ3v) is 4.48. The molecule has 0 aliphatic rings. The molecule has 0 aliphatic heterocycles. The zero-order valence-electron chi connectivity index (χ0n) is 15.2. The van der Waals surface area contributed by atoms with E-state index in [9.17, 15) is 4.79 Å². The highest BCUT2D eigenvalue weighted by molar-refractivity contribution is 6.30. The predicted octanol–water partition coefficient (Wildman–Crippen LogP) is 2.81. The Morgan fingerprint density at radius 2 is 2.15 bits per heavy atom. The highest BCUT2D eigenvalue weighted by atomic mass is 35.5. The summed E-state index contributed by atoms with van der Waals surface area (Å²) in [5.41, 5.74) is 0.674. The lowest BCUT2D eigenvalue weighted by Gasteiger charge is -2.23. The number of amides is 1. The van der Waals surface area contributed by atoms with E-state index in [1.54, 1.807) is 36.6 Å². The van der Waals surface area contributed by atoms with Gasteiger partial charge in [-0.05, 0) is 43.7 Å². The molecule has 3 rings (SSSR count). The standard InChI is InChI=1S/C19H21ClN4O3/c1-3-9-24(12-17-22-23-19(27-17)16-8-5-10-26-16)13(2)18(25)21-15-7-4-6-14(20)11-15/h4-8,10-11,13H,3,9,12H2,1-2H3,(H,21,25)/p+1/t13-/m1/s1. The van der Waals surface area contributed by atoms with Crippen molar-refractivity contribution in [1.82, 2.24) is 10.2 Å². The van der Waals surface area contributed by atoms with E-state index in [1.807, 2.05) is 13.0 Å². The van der Waals surface area contributed by atoms with Gasteiger partial charge in [0, 0.05) is 10.7 Å². The number of carbonyl (C=O) groups excluding carboxylic acids is 1. The lowest BCUT2D eigenvalue weighted by molar-refractivity contribution is -0.928. The van der Waals surface area contributed by atoms with Gasteiger partial charge in [-0.15, -0.1) is 10.2 Å². The first-order valence-corrected chi connectivity index (χ1v) is 9.22. The quantitative estimate of drug-likeness (QED) is 0.618. The lowest BCUT2D eigenvalue weighted by Crippen LogP contribution is -3.15. The number of benzene rings is 1. The van der Waals surface area contributed by atoms with Crippen LogP contribution in [0.5, 0.6) is 0 Å². The Hall–Kier alpha value is -2.64. The minimum Gasteiger partial charge on any atom is -0.459 e. The molecule has 0 bridgehead atoms. The molecule has 2 aromatic heterocycles. The van der Waals surface area contributed by atoms with Crippen molar-refractivity contribution in [3.8, 4) is 11.7 Å². The number of quaternary nitrogens is 1. The minimum atomic E-state index is -0.303. The Kier molecular flexibility index (Phi) is 6.26. The smallest absolute Gasteiger partial charge is 0.283 e. The zero-order chi connectivity index (χ0) is 19.2. The van der Waals surface area contributed by atoms with Crippen LogP contribution in [0, 0.1) is 0 Å². The first-order chi connectivity index (χ1) is 13.1. The molecule has 0 fully saturated rings. The van der Waals surface area contributed by atoms with E-state index < -0.39 is 0 Å². The van der Waals surface area contributed by atoms with Crippen LogP contribution in [0.1, 0.15) is 26.2 Å². The van der Waals surface area contributed by atoms with E-state index in [-0.39, 0.29) is 11.9 Å². The molecule has 3 aromatic rings. The average Bonchev–Trinajstić information content (AvgIpc) is 3.32. The van der Waals surface area contributed by atoms with Gasteiger partial charge in [-0.3, -0.25) is 4.79 Å². The highest BCUT2D eigenvalue weighted by Gasteiger charge is 2.27. The fraction of sp³-hybridized carbons (Fsp3) is 0.316. The fourth-order valence-electron chi connectivity index (χ4n) is 2.80. The molecule has 2 N–H and O–H groups in total. The van der Waals surface area contributed by atoms with Crippen LogP contribution in [-0.4, -0.2) is 28.7 Å². The molecule has 8 heteroatoms. The molecular weight excluding hydrogens is 368 g/mol. The zero-order valence-corrected chi connectivity index (χ0v) is 16.0. The van der Waals surface area contributed by atoms with Crippen molar-refractivity contribution in [2.75, 3.05) is 11.9 Å². The summed E-state index contributed by atoms with van der Waals surface area (Å²) in [5.74, 6) is 1.23. The summed E-state index contributed by atoms with van der Waals surface area (Å²) in [5, 5.41) is 11.6.